The number of ether oxygens (including phenoxy) is 2. The Kier molecular flexibility index (Phi) is 6.45. The molecule has 1 N–H and O–H groups in total. The lowest BCUT2D eigenvalue weighted by Gasteiger charge is -2.06. The van der Waals surface area contributed by atoms with Gasteiger partial charge in [0.15, 0.2) is 5.76 Å². The van der Waals surface area contributed by atoms with Crippen molar-refractivity contribution in [2.45, 2.75) is 20.1 Å². The van der Waals surface area contributed by atoms with Gasteiger partial charge in [-0.25, -0.2) is 14.1 Å². The zero-order valence-electron chi connectivity index (χ0n) is 17.3. The molecule has 0 unspecified atom stereocenters. The van der Waals surface area contributed by atoms with Crippen LogP contribution in [0.25, 0.3) is 0 Å². The van der Waals surface area contributed by atoms with Gasteiger partial charge in [-0.1, -0.05) is 12.1 Å². The first-order chi connectivity index (χ1) is 15.6. The van der Waals surface area contributed by atoms with Gasteiger partial charge in [0.2, 0.25) is 5.95 Å². The molecule has 4 rings (SSSR count). The van der Waals surface area contributed by atoms with Crippen LogP contribution in [0, 0.1) is 5.82 Å². The number of furan rings is 1. The van der Waals surface area contributed by atoms with Crippen LogP contribution in [0.2, 0.25) is 0 Å². The van der Waals surface area contributed by atoms with Crippen LogP contribution in [0.3, 0.4) is 0 Å². The second kappa shape index (κ2) is 9.78. The number of nitrogens with one attached hydrogen (secondary N) is 1. The molecule has 0 aliphatic rings. The quantitative estimate of drug-likeness (QED) is 0.421. The largest absolute Gasteiger partial charge is 0.494 e. The van der Waals surface area contributed by atoms with Gasteiger partial charge in [0.1, 0.15) is 36.0 Å². The molecule has 2 heterocycles. The van der Waals surface area contributed by atoms with E-state index in [1.54, 1.807) is 36.4 Å². The zero-order valence-corrected chi connectivity index (χ0v) is 17.3. The lowest BCUT2D eigenvalue weighted by molar-refractivity contribution is 0.0991. The van der Waals surface area contributed by atoms with Crippen LogP contribution in [0.5, 0.6) is 11.5 Å². The van der Waals surface area contributed by atoms with Gasteiger partial charge < -0.3 is 13.9 Å². The first-order valence-electron chi connectivity index (χ1n) is 9.98. The SMILES string of the molecule is CCOc1ccc(OCc2ccc(C(=O)Nc3ncn(Cc4cccc(F)c4)n3)o2)cc1. The summed E-state index contributed by atoms with van der Waals surface area (Å²) < 4.78 is 31.4. The highest BCUT2D eigenvalue weighted by Crippen LogP contribution is 2.19. The molecule has 4 aromatic rings. The minimum absolute atomic E-state index is 0.108. The van der Waals surface area contributed by atoms with Crippen molar-refractivity contribution in [3.8, 4) is 11.5 Å². The van der Waals surface area contributed by atoms with E-state index in [9.17, 15) is 9.18 Å². The number of carbonyl (C=O) groups excluding carboxylic acids is 1. The second-order valence-electron chi connectivity index (χ2n) is 6.81. The third-order valence-electron chi connectivity index (χ3n) is 4.40. The fraction of sp³-hybridized carbons (Fsp3) is 0.174. The first kappa shape index (κ1) is 21.1. The van der Waals surface area contributed by atoms with Gasteiger partial charge in [0.05, 0.1) is 13.2 Å². The van der Waals surface area contributed by atoms with Crippen molar-refractivity contribution in [3.63, 3.8) is 0 Å². The molecule has 2 aromatic heterocycles. The van der Waals surface area contributed by atoms with Gasteiger partial charge in [0.25, 0.3) is 5.91 Å². The number of hydrogen-bond donors (Lipinski definition) is 1. The Balaban J connectivity index is 1.30. The normalized spacial score (nSPS) is 10.7. The van der Waals surface area contributed by atoms with Gasteiger partial charge in [-0.2, -0.15) is 0 Å². The molecule has 0 spiro atoms. The lowest BCUT2D eigenvalue weighted by Crippen LogP contribution is -2.12. The Labute approximate surface area is 183 Å². The maximum Gasteiger partial charge on any atom is 0.293 e. The molecule has 0 fully saturated rings. The number of benzene rings is 2. The fourth-order valence-corrected chi connectivity index (χ4v) is 2.94. The van der Waals surface area contributed by atoms with E-state index in [1.165, 1.54) is 23.1 Å². The van der Waals surface area contributed by atoms with E-state index in [0.29, 0.717) is 24.7 Å². The molecule has 0 saturated heterocycles. The number of nitrogens with zero attached hydrogens (tertiary/aromatic N) is 3. The van der Waals surface area contributed by atoms with Gasteiger partial charge in [-0.05, 0) is 61.0 Å². The smallest absolute Gasteiger partial charge is 0.293 e. The van der Waals surface area contributed by atoms with E-state index < -0.39 is 5.91 Å². The van der Waals surface area contributed by atoms with Crippen LogP contribution in [0.15, 0.2) is 71.4 Å². The highest BCUT2D eigenvalue weighted by Gasteiger charge is 2.14. The monoisotopic (exact) mass is 436 g/mol. The summed E-state index contributed by atoms with van der Waals surface area (Å²) in [5.41, 5.74) is 0.732. The van der Waals surface area contributed by atoms with Crippen molar-refractivity contribution < 1.29 is 23.1 Å². The number of halogens is 1. The standard InChI is InChI=1S/C23H21FN4O4/c1-2-30-18-6-8-19(9-7-18)31-14-20-10-11-21(32-20)22(29)26-23-25-15-28(27-23)13-16-4-3-5-17(24)12-16/h3-12,15H,2,13-14H2,1H3,(H,26,27,29). The fourth-order valence-electron chi connectivity index (χ4n) is 2.94. The maximum atomic E-state index is 13.3. The molecule has 0 aliphatic heterocycles. The van der Waals surface area contributed by atoms with Crippen LogP contribution in [-0.2, 0) is 13.2 Å². The average molecular weight is 436 g/mol. The van der Waals surface area contributed by atoms with Gasteiger partial charge in [-0.15, -0.1) is 5.10 Å². The van der Waals surface area contributed by atoms with Crippen LogP contribution in [0.4, 0.5) is 10.3 Å². The Bertz CT molecular complexity index is 1190. The predicted molar refractivity (Wildman–Crippen MR) is 114 cm³/mol. The highest BCUT2D eigenvalue weighted by molar-refractivity contribution is 6.01. The summed E-state index contributed by atoms with van der Waals surface area (Å²) in [7, 11) is 0. The minimum atomic E-state index is -0.485. The molecule has 0 bridgehead atoms. The number of anilines is 1. The van der Waals surface area contributed by atoms with Crippen LogP contribution >= 0.6 is 0 Å². The predicted octanol–water partition coefficient (Wildman–Crippen LogP) is 4.29. The lowest BCUT2D eigenvalue weighted by atomic mass is 10.2. The number of rotatable bonds is 9. The van der Waals surface area contributed by atoms with Gasteiger partial charge >= 0.3 is 0 Å². The summed E-state index contributed by atoms with van der Waals surface area (Å²) in [5.74, 6) is 1.34. The summed E-state index contributed by atoms with van der Waals surface area (Å²) in [6.07, 6.45) is 1.46. The van der Waals surface area contributed by atoms with Crippen molar-refractivity contribution in [2.75, 3.05) is 11.9 Å². The number of aromatic nitrogens is 3. The van der Waals surface area contributed by atoms with E-state index in [-0.39, 0.29) is 24.1 Å². The summed E-state index contributed by atoms with van der Waals surface area (Å²) >= 11 is 0. The van der Waals surface area contributed by atoms with E-state index in [0.717, 1.165) is 11.3 Å². The van der Waals surface area contributed by atoms with Gasteiger partial charge in [-0.3, -0.25) is 10.1 Å². The molecule has 164 valence electrons. The summed E-state index contributed by atoms with van der Waals surface area (Å²) in [4.78, 5) is 16.5. The highest BCUT2D eigenvalue weighted by atomic mass is 19.1. The maximum absolute atomic E-state index is 13.3. The molecule has 8 nitrogen and oxygen atoms in total. The van der Waals surface area contributed by atoms with Crippen LogP contribution in [-0.4, -0.2) is 27.3 Å². The van der Waals surface area contributed by atoms with E-state index in [2.05, 4.69) is 15.4 Å². The average Bonchev–Trinajstić information content (AvgIpc) is 3.43. The van der Waals surface area contributed by atoms with Crippen molar-refractivity contribution in [1.29, 1.82) is 0 Å². The minimum Gasteiger partial charge on any atom is -0.494 e. The van der Waals surface area contributed by atoms with Crippen molar-refractivity contribution in [2.24, 2.45) is 0 Å². The Hall–Kier alpha value is -4.14. The third-order valence-corrected chi connectivity index (χ3v) is 4.40. The van der Waals surface area contributed by atoms with Crippen LogP contribution < -0.4 is 14.8 Å². The molecule has 0 saturated carbocycles. The summed E-state index contributed by atoms with van der Waals surface area (Å²) in [6, 6.07) is 16.6. The van der Waals surface area contributed by atoms with E-state index in [4.69, 9.17) is 13.9 Å². The molecule has 0 aliphatic carbocycles. The Morgan fingerprint density at radius 2 is 1.88 bits per heavy atom. The second-order valence-corrected chi connectivity index (χ2v) is 6.81. The Morgan fingerprint density at radius 1 is 1.09 bits per heavy atom. The van der Waals surface area contributed by atoms with E-state index in [1.807, 2.05) is 19.1 Å². The number of carbonyl (C=O) groups is 1. The van der Waals surface area contributed by atoms with Crippen LogP contribution in [0.1, 0.15) is 28.8 Å². The number of hydrogen-bond acceptors (Lipinski definition) is 6. The van der Waals surface area contributed by atoms with E-state index >= 15 is 0 Å². The number of amides is 1. The summed E-state index contributed by atoms with van der Waals surface area (Å²) in [5, 5.41) is 6.75. The molecular weight excluding hydrogens is 415 g/mol. The molecule has 0 atom stereocenters. The molecule has 2 aromatic carbocycles. The molecule has 0 radical (unpaired) electrons. The zero-order chi connectivity index (χ0) is 22.3. The summed E-state index contributed by atoms with van der Waals surface area (Å²) in [6.45, 7) is 3.01. The molecule has 9 heteroatoms. The van der Waals surface area contributed by atoms with Crippen molar-refractivity contribution in [3.05, 3.63) is 89.9 Å². The first-order valence-corrected chi connectivity index (χ1v) is 9.98. The topological polar surface area (TPSA) is 91.4 Å². The molecule has 32 heavy (non-hydrogen) atoms. The molecule has 1 amide bonds. The molecular formula is C23H21FN4O4. The van der Waals surface area contributed by atoms with Crippen molar-refractivity contribution in [1.82, 2.24) is 14.8 Å². The van der Waals surface area contributed by atoms with Gasteiger partial charge in [0, 0.05) is 0 Å². The van der Waals surface area contributed by atoms with Crippen molar-refractivity contribution >= 4 is 11.9 Å². The Morgan fingerprint density at radius 3 is 2.62 bits per heavy atom. The third kappa shape index (κ3) is 5.51.